The molecule has 0 fully saturated rings. The van der Waals surface area contributed by atoms with Crippen molar-refractivity contribution >= 4 is 23.4 Å². The van der Waals surface area contributed by atoms with E-state index >= 15 is 0 Å². The lowest BCUT2D eigenvalue weighted by Gasteiger charge is -2.13. The fraction of sp³-hybridized carbons (Fsp3) is 0.174. The van der Waals surface area contributed by atoms with Crippen molar-refractivity contribution in [3.05, 3.63) is 72.6 Å². The molecule has 32 heavy (non-hydrogen) atoms. The number of ether oxygens (including phenoxy) is 2. The Balaban J connectivity index is 1.59. The summed E-state index contributed by atoms with van der Waals surface area (Å²) in [5.74, 6) is 1.90. The highest BCUT2D eigenvalue weighted by molar-refractivity contribution is 7.99. The Labute approximate surface area is 190 Å². The van der Waals surface area contributed by atoms with Crippen LogP contribution in [0.4, 0.5) is 5.69 Å². The number of nitrogens with zero attached hydrogens (tertiary/aromatic N) is 4. The fourth-order valence-corrected chi connectivity index (χ4v) is 3.99. The number of amides is 1. The molecule has 2 aromatic carbocycles. The van der Waals surface area contributed by atoms with Crippen LogP contribution in [0, 0.1) is 6.92 Å². The van der Waals surface area contributed by atoms with Crippen molar-refractivity contribution in [1.82, 2.24) is 19.5 Å². The Morgan fingerprint density at radius 1 is 1.00 bits per heavy atom. The lowest BCUT2D eigenvalue weighted by atomic mass is 10.2. The van der Waals surface area contributed by atoms with Crippen molar-refractivity contribution in [2.24, 2.45) is 0 Å². The summed E-state index contributed by atoms with van der Waals surface area (Å²) in [6, 6.07) is 17.1. The molecule has 1 amide bonds. The number of rotatable bonds is 8. The minimum absolute atomic E-state index is 0.155. The van der Waals surface area contributed by atoms with Crippen molar-refractivity contribution in [2.45, 2.75) is 12.1 Å². The Morgan fingerprint density at radius 3 is 2.50 bits per heavy atom. The lowest BCUT2D eigenvalue weighted by Crippen LogP contribution is -2.16. The second-order valence-corrected chi connectivity index (χ2v) is 7.86. The van der Waals surface area contributed by atoms with Crippen LogP contribution < -0.4 is 14.8 Å². The normalized spacial score (nSPS) is 10.7. The number of carbonyl (C=O) groups excluding carboxylic acids is 1. The largest absolute Gasteiger partial charge is 0.496 e. The van der Waals surface area contributed by atoms with Crippen LogP contribution in [0.3, 0.4) is 0 Å². The molecule has 2 aromatic heterocycles. The number of methoxy groups -OCH3 is 2. The molecule has 0 radical (unpaired) electrons. The number of carbonyl (C=O) groups is 1. The Bertz CT molecular complexity index is 1220. The van der Waals surface area contributed by atoms with Crippen molar-refractivity contribution in [1.29, 1.82) is 0 Å². The minimum atomic E-state index is -0.167. The van der Waals surface area contributed by atoms with E-state index < -0.39 is 0 Å². The number of aryl methyl sites for hydroxylation is 1. The number of anilines is 1. The van der Waals surface area contributed by atoms with Gasteiger partial charge in [-0.3, -0.25) is 9.47 Å². The first kappa shape index (κ1) is 21.5. The van der Waals surface area contributed by atoms with E-state index in [1.807, 2.05) is 83.3 Å². The highest BCUT2D eigenvalue weighted by Gasteiger charge is 2.19. The third-order valence-electron chi connectivity index (χ3n) is 4.74. The number of para-hydroxylation sites is 1. The SMILES string of the molecule is COc1ccc(C)cc1NC(=O)CSc1nnc(-c2ccccc2OC)n1-n1cccc1. The molecule has 0 bridgehead atoms. The van der Waals surface area contributed by atoms with E-state index in [2.05, 4.69) is 15.5 Å². The molecule has 0 unspecified atom stereocenters. The van der Waals surface area contributed by atoms with Crippen molar-refractivity contribution in [3.63, 3.8) is 0 Å². The summed E-state index contributed by atoms with van der Waals surface area (Å²) < 4.78 is 14.6. The standard InChI is InChI=1S/C23H23N5O3S/c1-16-10-11-20(31-3)18(14-16)24-21(29)15-32-23-26-25-22(28(23)27-12-6-7-13-27)17-8-4-5-9-19(17)30-2/h4-14H,15H2,1-3H3,(H,24,29). The van der Waals surface area contributed by atoms with Crippen LogP contribution in [0.15, 0.2) is 72.1 Å². The average Bonchev–Trinajstić information content (AvgIpc) is 3.47. The van der Waals surface area contributed by atoms with Crippen molar-refractivity contribution in [2.75, 3.05) is 25.3 Å². The lowest BCUT2D eigenvalue weighted by molar-refractivity contribution is -0.113. The van der Waals surface area contributed by atoms with Crippen LogP contribution in [0.1, 0.15) is 5.56 Å². The van der Waals surface area contributed by atoms with Crippen LogP contribution in [0.2, 0.25) is 0 Å². The van der Waals surface area contributed by atoms with Gasteiger partial charge < -0.3 is 14.8 Å². The fourth-order valence-electron chi connectivity index (χ4n) is 3.26. The molecule has 4 aromatic rings. The molecule has 0 saturated carbocycles. The van der Waals surface area contributed by atoms with Gasteiger partial charge in [0.1, 0.15) is 11.5 Å². The Kier molecular flexibility index (Phi) is 6.46. The second kappa shape index (κ2) is 9.61. The number of aromatic nitrogens is 4. The van der Waals surface area contributed by atoms with E-state index in [9.17, 15) is 4.79 Å². The summed E-state index contributed by atoms with van der Waals surface area (Å²) in [6.07, 6.45) is 3.79. The molecule has 8 nitrogen and oxygen atoms in total. The van der Waals surface area contributed by atoms with E-state index in [1.54, 1.807) is 14.2 Å². The van der Waals surface area contributed by atoms with Gasteiger partial charge in [0.15, 0.2) is 5.82 Å². The highest BCUT2D eigenvalue weighted by Crippen LogP contribution is 2.31. The van der Waals surface area contributed by atoms with Gasteiger partial charge in [0.05, 0.1) is 31.2 Å². The van der Waals surface area contributed by atoms with Crippen LogP contribution in [-0.2, 0) is 4.79 Å². The van der Waals surface area contributed by atoms with Gasteiger partial charge in [-0.2, -0.15) is 0 Å². The molecule has 0 aliphatic heterocycles. The quantitative estimate of drug-likeness (QED) is 0.408. The molecule has 0 atom stereocenters. The summed E-state index contributed by atoms with van der Waals surface area (Å²) in [5, 5.41) is 12.2. The van der Waals surface area contributed by atoms with Crippen LogP contribution >= 0.6 is 11.8 Å². The zero-order valence-electron chi connectivity index (χ0n) is 18.0. The van der Waals surface area contributed by atoms with Gasteiger partial charge in [-0.05, 0) is 48.9 Å². The first-order valence-corrected chi connectivity index (χ1v) is 10.9. The minimum Gasteiger partial charge on any atom is -0.496 e. The van der Waals surface area contributed by atoms with Crippen molar-refractivity contribution < 1.29 is 14.3 Å². The highest BCUT2D eigenvalue weighted by atomic mass is 32.2. The summed E-state index contributed by atoms with van der Waals surface area (Å²) >= 11 is 1.29. The van der Waals surface area contributed by atoms with Crippen LogP contribution in [0.5, 0.6) is 11.5 Å². The number of hydrogen-bond donors (Lipinski definition) is 1. The molecule has 9 heteroatoms. The predicted molar refractivity (Wildman–Crippen MR) is 124 cm³/mol. The molecule has 0 aliphatic carbocycles. The topological polar surface area (TPSA) is 83.2 Å². The first-order valence-electron chi connectivity index (χ1n) is 9.90. The number of benzene rings is 2. The van der Waals surface area contributed by atoms with E-state index in [1.165, 1.54) is 11.8 Å². The van der Waals surface area contributed by atoms with Crippen LogP contribution in [0.25, 0.3) is 11.4 Å². The smallest absolute Gasteiger partial charge is 0.234 e. The van der Waals surface area contributed by atoms with Crippen molar-refractivity contribution in [3.8, 4) is 22.9 Å². The first-order chi connectivity index (χ1) is 15.6. The molecule has 0 spiro atoms. The Hall–Kier alpha value is -3.72. The van der Waals surface area contributed by atoms with Gasteiger partial charge in [-0.25, -0.2) is 4.68 Å². The van der Waals surface area contributed by atoms with Gasteiger partial charge in [-0.15, -0.1) is 10.2 Å². The van der Waals surface area contributed by atoms with Gasteiger partial charge in [0.2, 0.25) is 11.1 Å². The van der Waals surface area contributed by atoms with E-state index in [-0.39, 0.29) is 11.7 Å². The average molecular weight is 450 g/mol. The van der Waals surface area contributed by atoms with E-state index in [0.29, 0.717) is 28.2 Å². The van der Waals surface area contributed by atoms with Gasteiger partial charge >= 0.3 is 0 Å². The molecule has 164 valence electrons. The molecule has 0 saturated heterocycles. The third kappa shape index (κ3) is 4.47. The zero-order valence-corrected chi connectivity index (χ0v) is 18.8. The summed E-state index contributed by atoms with van der Waals surface area (Å²) in [4.78, 5) is 12.7. The number of hydrogen-bond acceptors (Lipinski definition) is 6. The van der Waals surface area contributed by atoms with E-state index in [0.717, 1.165) is 11.1 Å². The maximum absolute atomic E-state index is 12.7. The summed E-state index contributed by atoms with van der Waals surface area (Å²) in [6.45, 7) is 1.96. The molecule has 1 N–H and O–H groups in total. The maximum Gasteiger partial charge on any atom is 0.234 e. The van der Waals surface area contributed by atoms with Gasteiger partial charge in [0.25, 0.3) is 0 Å². The second-order valence-electron chi connectivity index (χ2n) is 6.92. The van der Waals surface area contributed by atoms with Gasteiger partial charge in [-0.1, -0.05) is 30.0 Å². The number of thioether (sulfide) groups is 1. The number of nitrogens with one attached hydrogen (secondary N) is 1. The van der Waals surface area contributed by atoms with Crippen LogP contribution in [-0.4, -0.2) is 45.4 Å². The summed E-state index contributed by atoms with van der Waals surface area (Å²) in [7, 11) is 3.20. The summed E-state index contributed by atoms with van der Waals surface area (Å²) in [5.41, 5.74) is 2.47. The monoisotopic (exact) mass is 449 g/mol. The molecular weight excluding hydrogens is 426 g/mol. The zero-order chi connectivity index (χ0) is 22.5. The Morgan fingerprint density at radius 2 is 1.75 bits per heavy atom. The molecule has 0 aliphatic rings. The molecular formula is C23H23N5O3S. The van der Waals surface area contributed by atoms with E-state index in [4.69, 9.17) is 9.47 Å². The predicted octanol–water partition coefficient (Wildman–Crippen LogP) is 4.11. The van der Waals surface area contributed by atoms with Gasteiger partial charge in [0, 0.05) is 12.4 Å². The molecule has 4 rings (SSSR count). The third-order valence-corrected chi connectivity index (χ3v) is 5.66. The molecule has 2 heterocycles. The maximum atomic E-state index is 12.7.